The third kappa shape index (κ3) is 5.10. The van der Waals surface area contributed by atoms with Crippen LogP contribution in [0.2, 0.25) is 0 Å². The number of alkyl halides is 2. The van der Waals surface area contributed by atoms with E-state index in [1.807, 2.05) is 0 Å². The second kappa shape index (κ2) is 10.3. The van der Waals surface area contributed by atoms with Gasteiger partial charge in [-0.2, -0.15) is 5.01 Å². The molecule has 35 heavy (non-hydrogen) atoms. The maximum absolute atomic E-state index is 13.5. The van der Waals surface area contributed by atoms with E-state index in [9.17, 15) is 29.3 Å². The maximum Gasteiger partial charge on any atom is 0.273 e. The van der Waals surface area contributed by atoms with Crippen LogP contribution >= 0.6 is 47.8 Å². The summed E-state index contributed by atoms with van der Waals surface area (Å²) in [5.41, 5.74) is -0.162. The van der Waals surface area contributed by atoms with Gasteiger partial charge in [0.2, 0.25) is 0 Å². The van der Waals surface area contributed by atoms with Gasteiger partial charge < -0.3 is 0 Å². The average Bonchev–Trinajstić information content (AvgIpc) is 3.06. The van der Waals surface area contributed by atoms with Crippen molar-refractivity contribution in [3.8, 4) is 0 Å². The molecule has 0 radical (unpaired) electrons. The highest BCUT2D eigenvalue weighted by Gasteiger charge is 2.54. The number of benzene rings is 2. The molecule has 2 fully saturated rings. The summed E-state index contributed by atoms with van der Waals surface area (Å²) in [4.78, 5) is 63.8. The van der Waals surface area contributed by atoms with Crippen molar-refractivity contribution in [3.05, 3.63) is 74.2 Å². The number of ketones is 1. The number of nitrogens with zero attached hydrogens (tertiary/aromatic N) is 3. The highest BCUT2D eigenvalue weighted by atomic mass is 79.9. The number of hydrogen-bond donors (Lipinski definition) is 0. The first kappa shape index (κ1) is 25.6. The fraction of sp³-hybridized carbons (Fsp3) is 0.304. The third-order valence-electron chi connectivity index (χ3n) is 6.13. The van der Waals surface area contributed by atoms with Crippen molar-refractivity contribution in [1.82, 2.24) is 10.0 Å². The summed E-state index contributed by atoms with van der Waals surface area (Å²) in [6, 6.07) is 11.4. The van der Waals surface area contributed by atoms with Gasteiger partial charge in [0.15, 0.2) is 5.78 Å². The lowest BCUT2D eigenvalue weighted by Crippen LogP contribution is -2.52. The molecule has 12 heteroatoms. The molecule has 0 unspecified atom stereocenters. The predicted molar refractivity (Wildman–Crippen MR) is 136 cm³/mol. The predicted octanol–water partition coefficient (Wildman–Crippen LogP) is 4.52. The molecule has 4 atom stereocenters. The normalized spacial score (nSPS) is 23.7. The summed E-state index contributed by atoms with van der Waals surface area (Å²) < 4.78 is 0.751. The van der Waals surface area contributed by atoms with Crippen molar-refractivity contribution in [3.63, 3.8) is 0 Å². The Morgan fingerprint density at radius 2 is 1.54 bits per heavy atom. The van der Waals surface area contributed by atoms with Gasteiger partial charge in [-0.3, -0.25) is 29.3 Å². The standard InChI is InChI=1S/C23H18Br3N3O6/c24-14-6-4-12(5-7-14)20(30)11-27(21(31)13-2-1-3-15(8-13)29(34)35)28-22(32)16-9-18(25)19(26)10-17(16)23(28)33/h1-8,16-19H,9-11H2/t16-,17+,18-,19-/m0/s1. The van der Waals surface area contributed by atoms with Crippen molar-refractivity contribution >= 4 is 77.0 Å². The van der Waals surface area contributed by atoms with Crippen LogP contribution in [0.1, 0.15) is 33.6 Å². The molecule has 1 saturated carbocycles. The molecule has 2 aliphatic rings. The van der Waals surface area contributed by atoms with E-state index in [1.54, 1.807) is 24.3 Å². The van der Waals surface area contributed by atoms with Gasteiger partial charge in [0.05, 0.1) is 16.8 Å². The van der Waals surface area contributed by atoms with Crippen LogP contribution in [0.25, 0.3) is 0 Å². The number of rotatable bonds is 6. The SMILES string of the molecule is O=C(CN(C(=O)c1cccc([N+](=O)[O-])c1)N1C(=O)[C@H]2C[C@H](Br)[C@@H](Br)C[C@H]2C1=O)c1ccc(Br)cc1. The smallest absolute Gasteiger partial charge is 0.273 e. The monoisotopic (exact) mass is 669 g/mol. The second-order valence-electron chi connectivity index (χ2n) is 8.30. The molecule has 1 saturated heterocycles. The number of hydrogen-bond acceptors (Lipinski definition) is 6. The number of fused-ring (bicyclic) bond motifs is 1. The van der Waals surface area contributed by atoms with Crippen LogP contribution in [0, 0.1) is 22.0 Å². The van der Waals surface area contributed by atoms with E-state index in [0.717, 1.165) is 20.6 Å². The largest absolute Gasteiger partial charge is 0.292 e. The molecule has 1 heterocycles. The van der Waals surface area contributed by atoms with Crippen LogP contribution in [0.3, 0.4) is 0 Å². The summed E-state index contributed by atoms with van der Waals surface area (Å²) >= 11 is 10.4. The molecule has 2 aromatic carbocycles. The molecule has 0 bridgehead atoms. The molecular weight excluding hydrogens is 654 g/mol. The van der Waals surface area contributed by atoms with Crippen molar-refractivity contribution < 1.29 is 24.1 Å². The molecule has 0 spiro atoms. The number of halogens is 3. The zero-order valence-corrected chi connectivity index (χ0v) is 22.7. The first-order valence-electron chi connectivity index (χ1n) is 10.6. The quantitative estimate of drug-likeness (QED) is 0.147. The van der Waals surface area contributed by atoms with Crippen molar-refractivity contribution in [2.45, 2.75) is 22.5 Å². The molecular formula is C23H18Br3N3O6. The van der Waals surface area contributed by atoms with Gasteiger partial charge in [0, 0.05) is 37.4 Å². The summed E-state index contributed by atoms with van der Waals surface area (Å²) in [7, 11) is 0. The van der Waals surface area contributed by atoms with Crippen molar-refractivity contribution in [2.75, 3.05) is 6.54 Å². The van der Waals surface area contributed by atoms with Gasteiger partial charge in [-0.05, 0) is 31.0 Å². The molecule has 3 amide bonds. The minimum atomic E-state index is -0.856. The topological polar surface area (TPSA) is 118 Å². The van der Waals surface area contributed by atoms with Gasteiger partial charge >= 0.3 is 0 Å². The van der Waals surface area contributed by atoms with Crippen LogP contribution in [-0.2, 0) is 9.59 Å². The lowest BCUT2D eigenvalue weighted by molar-refractivity contribution is -0.384. The lowest BCUT2D eigenvalue weighted by atomic mass is 9.81. The van der Waals surface area contributed by atoms with E-state index in [-0.39, 0.29) is 26.5 Å². The van der Waals surface area contributed by atoms with E-state index in [2.05, 4.69) is 47.8 Å². The number of amides is 3. The van der Waals surface area contributed by atoms with Gasteiger partial charge in [-0.1, -0.05) is 66.0 Å². The number of carbonyl (C=O) groups excluding carboxylic acids is 4. The average molecular weight is 672 g/mol. The van der Waals surface area contributed by atoms with E-state index >= 15 is 0 Å². The van der Waals surface area contributed by atoms with E-state index in [1.165, 1.54) is 18.2 Å². The lowest BCUT2D eigenvalue weighted by Gasteiger charge is -2.30. The molecule has 0 aromatic heterocycles. The van der Waals surface area contributed by atoms with Gasteiger partial charge in [-0.15, -0.1) is 0 Å². The minimum absolute atomic E-state index is 0.0363. The Kier molecular flexibility index (Phi) is 7.53. The Morgan fingerprint density at radius 3 is 2.09 bits per heavy atom. The molecule has 2 aromatic rings. The second-order valence-corrected chi connectivity index (χ2v) is 11.6. The maximum atomic E-state index is 13.5. The summed E-state index contributed by atoms with van der Waals surface area (Å²) in [6.07, 6.45) is 0.780. The number of non-ortho nitro benzene ring substituents is 1. The van der Waals surface area contributed by atoms with Crippen molar-refractivity contribution in [2.24, 2.45) is 11.8 Å². The Hall–Kier alpha value is -2.44. The van der Waals surface area contributed by atoms with Crippen LogP contribution in [-0.4, -0.2) is 54.6 Å². The number of nitro groups is 1. The van der Waals surface area contributed by atoms with Gasteiger partial charge in [0.1, 0.15) is 6.54 Å². The summed E-state index contributed by atoms with van der Waals surface area (Å²) in [6.45, 7) is -0.588. The Labute approximate surface area is 225 Å². The number of carbonyl (C=O) groups is 4. The highest BCUT2D eigenvalue weighted by Crippen LogP contribution is 2.43. The van der Waals surface area contributed by atoms with Crippen molar-refractivity contribution in [1.29, 1.82) is 0 Å². The molecule has 0 N–H and O–H groups in total. The number of nitro benzene ring substituents is 1. The number of imide groups is 1. The third-order valence-corrected chi connectivity index (χ3v) is 9.39. The van der Waals surface area contributed by atoms with Crippen LogP contribution in [0.4, 0.5) is 5.69 Å². The van der Waals surface area contributed by atoms with Crippen LogP contribution < -0.4 is 0 Å². The van der Waals surface area contributed by atoms with Gasteiger partial charge in [-0.25, -0.2) is 5.01 Å². The molecule has 4 rings (SSSR count). The zero-order chi connectivity index (χ0) is 25.4. The Balaban J connectivity index is 1.72. The fourth-order valence-corrected chi connectivity index (χ4v) is 5.81. The Bertz CT molecular complexity index is 1190. The number of hydrazine groups is 1. The Morgan fingerprint density at radius 1 is 0.971 bits per heavy atom. The first-order valence-corrected chi connectivity index (χ1v) is 13.2. The number of Topliss-reactive ketones (excluding diaryl/α,β-unsaturated/α-hetero) is 1. The minimum Gasteiger partial charge on any atom is -0.292 e. The highest BCUT2D eigenvalue weighted by molar-refractivity contribution is 9.12. The van der Waals surface area contributed by atoms with Gasteiger partial charge in [0.25, 0.3) is 23.4 Å². The summed E-state index contributed by atoms with van der Waals surface area (Å²) in [5.74, 6) is -3.75. The van der Waals surface area contributed by atoms with E-state index < -0.39 is 46.8 Å². The summed E-state index contributed by atoms with van der Waals surface area (Å²) in [5, 5.41) is 12.8. The zero-order valence-electron chi connectivity index (χ0n) is 18.0. The van der Waals surface area contributed by atoms with E-state index in [0.29, 0.717) is 12.8 Å². The molecule has 9 nitrogen and oxygen atoms in total. The molecule has 1 aliphatic heterocycles. The van der Waals surface area contributed by atoms with Crippen LogP contribution in [0.5, 0.6) is 0 Å². The molecule has 1 aliphatic carbocycles. The first-order chi connectivity index (χ1) is 16.6. The van der Waals surface area contributed by atoms with Crippen LogP contribution in [0.15, 0.2) is 53.0 Å². The molecule has 182 valence electrons. The van der Waals surface area contributed by atoms with E-state index in [4.69, 9.17) is 0 Å². The fourth-order valence-electron chi connectivity index (χ4n) is 4.31.